The van der Waals surface area contributed by atoms with Crippen LogP contribution in [0.4, 0.5) is 0 Å². The van der Waals surface area contributed by atoms with Crippen molar-refractivity contribution in [3.05, 3.63) is 0 Å². The summed E-state index contributed by atoms with van der Waals surface area (Å²) in [5.41, 5.74) is 6.21. The van der Waals surface area contributed by atoms with Gasteiger partial charge >= 0.3 is 0 Å². The third-order valence-corrected chi connectivity index (χ3v) is 3.33. The quantitative estimate of drug-likeness (QED) is 0.719. The fourth-order valence-electron chi connectivity index (χ4n) is 2.42. The molecule has 0 heterocycles. The Labute approximate surface area is 125 Å². The first-order valence-corrected chi connectivity index (χ1v) is 7.70. The molecular formula is C16H35N3O. The van der Waals surface area contributed by atoms with Gasteiger partial charge in [0, 0.05) is 25.0 Å². The molecule has 0 aliphatic heterocycles. The lowest BCUT2D eigenvalue weighted by Gasteiger charge is -2.27. The molecule has 4 heteroatoms. The molecule has 0 saturated carbocycles. The molecule has 0 radical (unpaired) electrons. The van der Waals surface area contributed by atoms with Gasteiger partial charge in [-0.25, -0.2) is 0 Å². The number of likely N-dealkylation sites (N-methyl/N-ethyl adjacent to an activating group) is 1. The second-order valence-electron chi connectivity index (χ2n) is 7.78. The maximum Gasteiger partial charge on any atom is 0.221 e. The van der Waals surface area contributed by atoms with Crippen LogP contribution in [0.2, 0.25) is 0 Å². The molecule has 0 fully saturated rings. The minimum atomic E-state index is -0.0575. The zero-order chi connectivity index (χ0) is 15.9. The van der Waals surface area contributed by atoms with Crippen molar-refractivity contribution in [1.29, 1.82) is 0 Å². The van der Waals surface area contributed by atoms with Crippen LogP contribution in [0.5, 0.6) is 0 Å². The minimum absolute atomic E-state index is 0.0575. The summed E-state index contributed by atoms with van der Waals surface area (Å²) in [5.74, 6) is 0.694. The molecule has 0 spiro atoms. The Bertz CT molecular complexity index is 282. The largest absolute Gasteiger partial charge is 0.354 e. The highest BCUT2D eigenvalue weighted by Gasteiger charge is 2.19. The van der Waals surface area contributed by atoms with Crippen LogP contribution in [-0.4, -0.2) is 43.5 Å². The van der Waals surface area contributed by atoms with Crippen molar-refractivity contribution in [2.24, 2.45) is 17.1 Å². The van der Waals surface area contributed by atoms with Gasteiger partial charge in [-0.2, -0.15) is 0 Å². The van der Waals surface area contributed by atoms with Crippen molar-refractivity contribution in [3.63, 3.8) is 0 Å². The summed E-state index contributed by atoms with van der Waals surface area (Å²) < 4.78 is 0. The summed E-state index contributed by atoms with van der Waals surface area (Å²) in [6, 6.07) is 0.329. The van der Waals surface area contributed by atoms with E-state index in [-0.39, 0.29) is 17.4 Å². The lowest BCUT2D eigenvalue weighted by Crippen LogP contribution is -2.42. The van der Waals surface area contributed by atoms with Crippen LogP contribution in [0, 0.1) is 11.3 Å². The van der Waals surface area contributed by atoms with Crippen molar-refractivity contribution in [2.75, 3.05) is 20.6 Å². The highest BCUT2D eigenvalue weighted by molar-refractivity contribution is 5.76. The van der Waals surface area contributed by atoms with Crippen molar-refractivity contribution in [1.82, 2.24) is 10.2 Å². The van der Waals surface area contributed by atoms with Gasteiger partial charge in [0.15, 0.2) is 0 Å². The Hall–Kier alpha value is -0.610. The van der Waals surface area contributed by atoms with Crippen molar-refractivity contribution >= 4 is 5.91 Å². The molecule has 0 aliphatic carbocycles. The number of hydrogen-bond donors (Lipinski definition) is 2. The molecule has 2 unspecified atom stereocenters. The third-order valence-electron chi connectivity index (χ3n) is 3.33. The average Bonchev–Trinajstić information content (AvgIpc) is 2.20. The highest BCUT2D eigenvalue weighted by atomic mass is 16.1. The van der Waals surface area contributed by atoms with E-state index in [4.69, 9.17) is 5.73 Å². The van der Waals surface area contributed by atoms with E-state index >= 15 is 0 Å². The third kappa shape index (κ3) is 10.2. The fraction of sp³-hybridized carbons (Fsp3) is 0.938. The Morgan fingerprint density at radius 1 is 1.25 bits per heavy atom. The summed E-state index contributed by atoms with van der Waals surface area (Å²) in [7, 11) is 4.12. The smallest absolute Gasteiger partial charge is 0.221 e. The summed E-state index contributed by atoms with van der Waals surface area (Å²) in [6.45, 7) is 11.6. The lowest BCUT2D eigenvalue weighted by atomic mass is 9.87. The minimum Gasteiger partial charge on any atom is -0.354 e. The number of nitrogens with zero attached hydrogens (tertiary/aromatic N) is 1. The predicted octanol–water partition coefficient (Wildman–Crippen LogP) is 2.23. The van der Waals surface area contributed by atoms with Crippen molar-refractivity contribution in [2.45, 2.75) is 66.0 Å². The summed E-state index contributed by atoms with van der Waals surface area (Å²) >= 11 is 0. The maximum absolute atomic E-state index is 11.9. The van der Waals surface area contributed by atoms with Gasteiger partial charge in [-0.3, -0.25) is 4.79 Å². The van der Waals surface area contributed by atoms with Crippen LogP contribution < -0.4 is 11.1 Å². The molecule has 20 heavy (non-hydrogen) atoms. The molecule has 2 atom stereocenters. The first-order chi connectivity index (χ1) is 9.01. The number of carbonyl (C=O) groups excluding carboxylic acids is 1. The molecule has 0 aliphatic rings. The van der Waals surface area contributed by atoms with Crippen molar-refractivity contribution in [3.8, 4) is 0 Å². The van der Waals surface area contributed by atoms with Crippen LogP contribution in [0.3, 0.4) is 0 Å². The summed E-state index contributed by atoms with van der Waals surface area (Å²) in [6.07, 6.45) is 2.37. The van der Waals surface area contributed by atoms with Gasteiger partial charge in [-0.15, -0.1) is 0 Å². The normalized spacial score (nSPS) is 15.5. The Morgan fingerprint density at radius 2 is 1.80 bits per heavy atom. The molecule has 120 valence electrons. The van der Waals surface area contributed by atoms with Gasteiger partial charge < -0.3 is 16.0 Å². The van der Waals surface area contributed by atoms with Gasteiger partial charge in [0.05, 0.1) is 0 Å². The molecule has 0 aromatic rings. The average molecular weight is 285 g/mol. The summed E-state index contributed by atoms with van der Waals surface area (Å²) in [5, 5.41) is 3.03. The van der Waals surface area contributed by atoms with Crippen LogP contribution in [0.1, 0.15) is 53.9 Å². The van der Waals surface area contributed by atoms with Gasteiger partial charge in [0.25, 0.3) is 0 Å². The topological polar surface area (TPSA) is 58.4 Å². The molecule has 0 saturated heterocycles. The predicted molar refractivity (Wildman–Crippen MR) is 86.6 cm³/mol. The second kappa shape index (κ2) is 8.63. The summed E-state index contributed by atoms with van der Waals surface area (Å²) in [4.78, 5) is 14.1. The van der Waals surface area contributed by atoms with E-state index in [0.29, 0.717) is 24.9 Å². The number of hydrogen-bond acceptors (Lipinski definition) is 3. The zero-order valence-corrected chi connectivity index (χ0v) is 14.5. The zero-order valence-electron chi connectivity index (χ0n) is 14.5. The second-order valence-corrected chi connectivity index (χ2v) is 7.78. The maximum atomic E-state index is 11.9. The monoisotopic (exact) mass is 285 g/mol. The number of rotatable bonds is 8. The Kier molecular flexibility index (Phi) is 8.36. The highest BCUT2D eigenvalue weighted by Crippen LogP contribution is 2.20. The van der Waals surface area contributed by atoms with Gasteiger partial charge in [-0.05, 0) is 38.3 Å². The fourth-order valence-corrected chi connectivity index (χ4v) is 2.42. The number of nitrogens with one attached hydrogen (secondary N) is 1. The van der Waals surface area contributed by atoms with Crippen molar-refractivity contribution < 1.29 is 4.79 Å². The first kappa shape index (κ1) is 19.4. The van der Waals surface area contributed by atoms with Crippen LogP contribution >= 0.6 is 0 Å². The molecule has 3 N–H and O–H groups in total. The Balaban J connectivity index is 4.13. The van der Waals surface area contributed by atoms with E-state index in [9.17, 15) is 4.79 Å². The van der Waals surface area contributed by atoms with Crippen LogP contribution in [-0.2, 0) is 4.79 Å². The number of amides is 1. The van der Waals surface area contributed by atoms with Crippen LogP contribution in [0.25, 0.3) is 0 Å². The van der Waals surface area contributed by atoms with E-state index < -0.39 is 0 Å². The lowest BCUT2D eigenvalue weighted by molar-refractivity contribution is -0.121. The molecule has 0 rings (SSSR count). The number of nitrogens with two attached hydrogens (primary N) is 1. The van der Waals surface area contributed by atoms with E-state index in [1.165, 1.54) is 0 Å². The standard InChI is InChI=1S/C16H35N3O/c1-12(2)8-14(19(6)7)11-18-15(20)9-13(17)10-16(3,4)5/h12-14H,8-11,17H2,1-7H3,(H,18,20). The van der Waals surface area contributed by atoms with E-state index in [0.717, 1.165) is 12.8 Å². The molecule has 0 aromatic heterocycles. The molecule has 4 nitrogen and oxygen atoms in total. The Morgan fingerprint density at radius 3 is 2.20 bits per heavy atom. The molecule has 1 amide bonds. The van der Waals surface area contributed by atoms with Crippen LogP contribution in [0.15, 0.2) is 0 Å². The molecule has 0 aromatic carbocycles. The van der Waals surface area contributed by atoms with Gasteiger partial charge in [0.1, 0.15) is 0 Å². The molecular weight excluding hydrogens is 250 g/mol. The molecule has 0 bridgehead atoms. The van der Waals surface area contributed by atoms with E-state index in [1.54, 1.807) is 0 Å². The number of carbonyl (C=O) groups is 1. The van der Waals surface area contributed by atoms with E-state index in [1.807, 2.05) is 0 Å². The first-order valence-electron chi connectivity index (χ1n) is 7.70. The SMILES string of the molecule is CC(C)CC(CNC(=O)CC(N)CC(C)(C)C)N(C)C. The van der Waals surface area contributed by atoms with Gasteiger partial charge in [-0.1, -0.05) is 34.6 Å². The van der Waals surface area contributed by atoms with Gasteiger partial charge in [0.2, 0.25) is 5.91 Å². The van der Waals surface area contributed by atoms with E-state index in [2.05, 4.69) is 58.9 Å².